The number of carbonyl (C=O) groups is 1. The fourth-order valence-electron chi connectivity index (χ4n) is 2.61. The lowest BCUT2D eigenvalue weighted by Crippen LogP contribution is -2.41. The minimum absolute atomic E-state index is 0.0408. The van der Waals surface area contributed by atoms with E-state index in [9.17, 15) is 4.79 Å². The number of thiophene rings is 1. The average Bonchev–Trinajstić information content (AvgIpc) is 2.97. The zero-order valence-corrected chi connectivity index (χ0v) is 15.2. The minimum atomic E-state index is -0.852. The van der Waals surface area contributed by atoms with Crippen LogP contribution in [0.4, 0.5) is 0 Å². The second-order valence-electron chi connectivity index (χ2n) is 7.11. The molecule has 3 rings (SSSR count). The zero-order chi connectivity index (χ0) is 17.5. The second-order valence-corrected chi connectivity index (χ2v) is 8.22. The average molecular weight is 347 g/mol. The summed E-state index contributed by atoms with van der Waals surface area (Å²) in [4.78, 5) is 10.6. The van der Waals surface area contributed by atoms with E-state index in [1.165, 1.54) is 4.70 Å². The number of hydrogen-bond donors (Lipinski definition) is 2. The molecule has 2 aromatic rings. The number of carboxylic acids is 1. The molecule has 0 unspecified atom stereocenters. The van der Waals surface area contributed by atoms with Gasteiger partial charge in [0.05, 0.1) is 17.7 Å². The molecule has 1 aromatic heterocycles. The monoisotopic (exact) mass is 347 g/mol. The first-order valence-corrected chi connectivity index (χ1v) is 8.80. The van der Waals surface area contributed by atoms with Crippen LogP contribution in [0.2, 0.25) is 0 Å². The van der Waals surface area contributed by atoms with E-state index < -0.39 is 5.97 Å². The first-order valence-electron chi connectivity index (χ1n) is 7.98. The Morgan fingerprint density at radius 3 is 2.50 bits per heavy atom. The van der Waals surface area contributed by atoms with Gasteiger partial charge in [0.2, 0.25) is 0 Å². The van der Waals surface area contributed by atoms with Crippen LogP contribution in [-0.4, -0.2) is 35.9 Å². The third-order valence-electron chi connectivity index (χ3n) is 4.69. The van der Waals surface area contributed by atoms with Crippen molar-refractivity contribution >= 4 is 39.3 Å². The van der Waals surface area contributed by atoms with Gasteiger partial charge >= 0.3 is 13.1 Å². The molecular formula is C17H22BNO4S. The predicted molar refractivity (Wildman–Crippen MR) is 96.9 cm³/mol. The van der Waals surface area contributed by atoms with Crippen LogP contribution in [0.25, 0.3) is 10.1 Å². The van der Waals surface area contributed by atoms with Gasteiger partial charge in [-0.3, -0.25) is 4.79 Å². The summed E-state index contributed by atoms with van der Waals surface area (Å²) < 4.78 is 14.4. The van der Waals surface area contributed by atoms with Gasteiger partial charge in [-0.2, -0.15) is 0 Å². The molecule has 2 heterocycles. The Balaban J connectivity index is 1.78. The van der Waals surface area contributed by atoms with Gasteiger partial charge in [-0.15, -0.1) is 11.3 Å². The van der Waals surface area contributed by atoms with Gasteiger partial charge in [0.15, 0.2) is 0 Å². The van der Waals surface area contributed by atoms with Crippen molar-refractivity contribution in [2.45, 2.75) is 45.4 Å². The fraction of sp³-hybridized carbons (Fsp3) is 0.471. The van der Waals surface area contributed by atoms with Crippen molar-refractivity contribution in [2.24, 2.45) is 0 Å². The largest absolute Gasteiger partial charge is 0.505 e. The molecule has 0 amide bonds. The van der Waals surface area contributed by atoms with Crippen molar-refractivity contribution in [2.75, 3.05) is 6.54 Å². The standard InChI is InChI=1S/C17H22BNO4S/c1-16(2)17(3,4)23-18(22-16)14-8-12-7-11(5-6-13(12)24-14)9-19-10-15(20)21/h5-8,19H,9-10H2,1-4H3,(H,20,21). The Morgan fingerprint density at radius 1 is 1.21 bits per heavy atom. The van der Waals surface area contributed by atoms with Crippen molar-refractivity contribution in [3.8, 4) is 0 Å². The van der Waals surface area contributed by atoms with E-state index in [0.717, 1.165) is 15.7 Å². The smallest absolute Gasteiger partial charge is 0.480 e. The minimum Gasteiger partial charge on any atom is -0.480 e. The van der Waals surface area contributed by atoms with E-state index in [1.807, 2.05) is 33.8 Å². The normalized spacial score (nSPS) is 19.1. The molecule has 24 heavy (non-hydrogen) atoms. The molecule has 1 saturated heterocycles. The quantitative estimate of drug-likeness (QED) is 0.813. The highest BCUT2D eigenvalue weighted by Crippen LogP contribution is 2.37. The molecule has 1 aromatic carbocycles. The molecule has 0 saturated carbocycles. The molecule has 0 bridgehead atoms. The summed E-state index contributed by atoms with van der Waals surface area (Å²) in [5, 5.41) is 12.7. The van der Waals surface area contributed by atoms with Gasteiger partial charge in [-0.25, -0.2) is 0 Å². The Kier molecular flexibility index (Phi) is 4.46. The van der Waals surface area contributed by atoms with Crippen LogP contribution in [0, 0.1) is 0 Å². The van der Waals surface area contributed by atoms with Crippen LogP contribution >= 0.6 is 11.3 Å². The van der Waals surface area contributed by atoms with Crippen LogP contribution in [0.1, 0.15) is 33.3 Å². The van der Waals surface area contributed by atoms with E-state index in [2.05, 4.69) is 23.5 Å². The molecule has 5 nitrogen and oxygen atoms in total. The molecule has 2 N–H and O–H groups in total. The number of benzene rings is 1. The number of carboxylic acid groups (broad SMARTS) is 1. The van der Waals surface area contributed by atoms with Crippen LogP contribution in [0.5, 0.6) is 0 Å². The molecule has 0 atom stereocenters. The van der Waals surface area contributed by atoms with Crippen LogP contribution in [0.15, 0.2) is 24.3 Å². The number of fused-ring (bicyclic) bond motifs is 1. The third-order valence-corrected chi connectivity index (χ3v) is 5.83. The highest BCUT2D eigenvalue weighted by atomic mass is 32.1. The van der Waals surface area contributed by atoms with Crippen molar-refractivity contribution in [1.82, 2.24) is 5.32 Å². The summed E-state index contributed by atoms with van der Waals surface area (Å²) in [5.74, 6) is -0.852. The molecule has 1 fully saturated rings. The van der Waals surface area contributed by atoms with Crippen molar-refractivity contribution in [3.63, 3.8) is 0 Å². The van der Waals surface area contributed by atoms with Gasteiger partial charge in [-0.1, -0.05) is 6.07 Å². The van der Waals surface area contributed by atoms with Gasteiger partial charge in [0.25, 0.3) is 0 Å². The number of nitrogens with one attached hydrogen (secondary N) is 1. The fourth-order valence-corrected chi connectivity index (χ4v) is 3.62. The Hall–Kier alpha value is -1.41. The van der Waals surface area contributed by atoms with Crippen LogP contribution in [0.3, 0.4) is 0 Å². The van der Waals surface area contributed by atoms with Crippen molar-refractivity contribution < 1.29 is 19.2 Å². The Bertz CT molecular complexity index is 755. The van der Waals surface area contributed by atoms with Gasteiger partial charge in [-0.05, 0) is 56.8 Å². The summed E-state index contributed by atoms with van der Waals surface area (Å²) in [7, 11) is -0.346. The summed E-state index contributed by atoms with van der Waals surface area (Å²) in [6.07, 6.45) is 0. The van der Waals surface area contributed by atoms with Gasteiger partial charge < -0.3 is 19.7 Å². The van der Waals surface area contributed by atoms with Crippen molar-refractivity contribution in [1.29, 1.82) is 0 Å². The lowest BCUT2D eigenvalue weighted by atomic mass is 9.87. The topological polar surface area (TPSA) is 67.8 Å². The summed E-state index contributed by atoms with van der Waals surface area (Å²) in [6.45, 7) is 8.68. The van der Waals surface area contributed by atoms with E-state index in [4.69, 9.17) is 14.4 Å². The molecular weight excluding hydrogens is 325 g/mol. The van der Waals surface area contributed by atoms with Gasteiger partial charge in [0.1, 0.15) is 0 Å². The molecule has 0 aliphatic carbocycles. The molecule has 0 spiro atoms. The summed E-state index contributed by atoms with van der Waals surface area (Å²) in [5.41, 5.74) is 0.362. The lowest BCUT2D eigenvalue weighted by Gasteiger charge is -2.32. The van der Waals surface area contributed by atoms with Crippen molar-refractivity contribution in [3.05, 3.63) is 29.8 Å². The molecule has 1 aliphatic rings. The van der Waals surface area contributed by atoms with E-state index in [1.54, 1.807) is 11.3 Å². The van der Waals surface area contributed by atoms with E-state index in [-0.39, 0.29) is 24.9 Å². The second kappa shape index (κ2) is 6.15. The first kappa shape index (κ1) is 17.4. The molecule has 7 heteroatoms. The number of rotatable bonds is 5. The van der Waals surface area contributed by atoms with Crippen LogP contribution < -0.4 is 10.1 Å². The Morgan fingerprint density at radius 2 is 1.88 bits per heavy atom. The Labute approximate surface area is 146 Å². The highest BCUT2D eigenvalue weighted by Gasteiger charge is 2.52. The summed E-state index contributed by atoms with van der Waals surface area (Å²) >= 11 is 1.67. The summed E-state index contributed by atoms with van der Waals surface area (Å²) in [6, 6.07) is 8.26. The van der Waals surface area contributed by atoms with E-state index >= 15 is 0 Å². The van der Waals surface area contributed by atoms with E-state index in [0.29, 0.717) is 6.54 Å². The third kappa shape index (κ3) is 3.35. The maximum atomic E-state index is 10.6. The lowest BCUT2D eigenvalue weighted by molar-refractivity contribution is -0.135. The maximum Gasteiger partial charge on any atom is 0.505 e. The molecule has 128 valence electrons. The first-order chi connectivity index (χ1) is 11.2. The number of aliphatic carboxylic acids is 1. The van der Waals surface area contributed by atoms with Gasteiger partial charge in [0, 0.05) is 16.0 Å². The van der Waals surface area contributed by atoms with Crippen LogP contribution in [-0.2, 0) is 20.6 Å². The predicted octanol–water partition coefficient (Wildman–Crippen LogP) is 2.37. The zero-order valence-electron chi connectivity index (χ0n) is 14.4. The number of hydrogen-bond acceptors (Lipinski definition) is 5. The molecule has 1 aliphatic heterocycles. The molecule has 0 radical (unpaired) electrons. The SMILES string of the molecule is CC1(C)OB(c2cc3cc(CNCC(=O)O)ccc3s2)OC1(C)C. The maximum absolute atomic E-state index is 10.6. The highest BCUT2D eigenvalue weighted by molar-refractivity contribution is 7.28.